The van der Waals surface area contributed by atoms with Gasteiger partial charge < -0.3 is 20.5 Å². The Morgan fingerprint density at radius 2 is 1.87 bits per heavy atom. The van der Waals surface area contributed by atoms with E-state index in [0.29, 0.717) is 22.9 Å². The van der Waals surface area contributed by atoms with Crippen molar-refractivity contribution in [3.8, 4) is 5.75 Å². The van der Waals surface area contributed by atoms with Crippen molar-refractivity contribution in [3.63, 3.8) is 0 Å². The zero-order valence-corrected chi connectivity index (χ0v) is 16.8. The Morgan fingerprint density at radius 3 is 2.50 bits per heavy atom. The van der Waals surface area contributed by atoms with Crippen molar-refractivity contribution in [2.75, 3.05) is 12.4 Å². The van der Waals surface area contributed by atoms with E-state index in [1.165, 1.54) is 0 Å². The van der Waals surface area contributed by atoms with Crippen LogP contribution < -0.4 is 15.4 Å². The van der Waals surface area contributed by atoms with Gasteiger partial charge in [-0.05, 0) is 42.0 Å². The summed E-state index contributed by atoms with van der Waals surface area (Å²) in [5, 5.41) is 21.7. The summed E-state index contributed by atoms with van der Waals surface area (Å²) in [5.41, 5.74) is 1.49. The lowest BCUT2D eigenvalue weighted by Crippen LogP contribution is -2.34. The number of rotatable bonds is 8. The van der Waals surface area contributed by atoms with E-state index in [4.69, 9.17) is 21.4 Å². The molecule has 30 heavy (non-hydrogen) atoms. The molecular weight excluding hydrogens is 410 g/mol. The van der Waals surface area contributed by atoms with Crippen molar-refractivity contribution in [1.29, 1.82) is 0 Å². The van der Waals surface area contributed by atoms with E-state index in [0.717, 1.165) is 5.56 Å². The molecule has 0 saturated heterocycles. The summed E-state index contributed by atoms with van der Waals surface area (Å²) in [6.45, 7) is 0. The number of hydrogen-bond acceptors (Lipinski definition) is 5. The van der Waals surface area contributed by atoms with Crippen LogP contribution in [0.15, 0.2) is 48.5 Å². The van der Waals surface area contributed by atoms with Gasteiger partial charge in [0.2, 0.25) is 0 Å². The van der Waals surface area contributed by atoms with Gasteiger partial charge in [0.1, 0.15) is 18.0 Å². The van der Waals surface area contributed by atoms with Gasteiger partial charge in [-0.2, -0.15) is 5.10 Å². The molecule has 1 unspecified atom stereocenters. The molecule has 2 aromatic carbocycles. The zero-order chi connectivity index (χ0) is 21.5. The summed E-state index contributed by atoms with van der Waals surface area (Å²) in [5.74, 6) is 0.175. The van der Waals surface area contributed by atoms with Crippen LogP contribution in [0.25, 0.3) is 0 Å². The summed E-state index contributed by atoms with van der Waals surface area (Å²) < 4.78 is 5.16. The summed E-state index contributed by atoms with van der Waals surface area (Å²) in [6, 6.07) is 13.0. The van der Waals surface area contributed by atoms with E-state index in [1.54, 1.807) is 31.4 Å². The number of nitrogens with one attached hydrogen (secondary N) is 3. The van der Waals surface area contributed by atoms with Crippen LogP contribution in [0, 0.1) is 0 Å². The summed E-state index contributed by atoms with van der Waals surface area (Å²) in [7, 11) is 1.58. The predicted octanol–water partition coefficient (Wildman–Crippen LogP) is 3.20. The first-order chi connectivity index (χ1) is 14.4. The Morgan fingerprint density at radius 1 is 1.17 bits per heavy atom. The molecule has 4 N–H and O–H groups in total. The minimum absolute atomic E-state index is 0.206. The van der Waals surface area contributed by atoms with Gasteiger partial charge in [-0.3, -0.25) is 9.89 Å². The highest BCUT2D eigenvalue weighted by atomic mass is 35.5. The molecule has 0 aliphatic heterocycles. The minimum atomic E-state index is -1.03. The lowest BCUT2D eigenvalue weighted by molar-refractivity contribution is -0.136. The van der Waals surface area contributed by atoms with Gasteiger partial charge >= 0.3 is 12.0 Å². The van der Waals surface area contributed by atoms with Gasteiger partial charge in [-0.1, -0.05) is 23.7 Å². The molecule has 10 heteroatoms. The maximum atomic E-state index is 12.5. The number of urea groups is 1. The fourth-order valence-corrected chi connectivity index (χ4v) is 2.88. The number of hydrogen-bond donors (Lipinski definition) is 4. The minimum Gasteiger partial charge on any atom is -0.497 e. The Hall–Kier alpha value is -3.59. The maximum absolute atomic E-state index is 12.5. The van der Waals surface area contributed by atoms with E-state index >= 15 is 0 Å². The third kappa shape index (κ3) is 5.95. The summed E-state index contributed by atoms with van der Waals surface area (Å²) >= 11 is 5.86. The maximum Gasteiger partial charge on any atom is 0.319 e. The average molecular weight is 430 g/mol. The quantitative estimate of drug-likeness (QED) is 0.435. The fourth-order valence-electron chi connectivity index (χ4n) is 2.75. The SMILES string of the molecule is COc1ccc(CC(NC(=O)Nc2ccc(Cl)cc2)c2n[nH]c(CC(=O)O)n2)cc1. The lowest BCUT2D eigenvalue weighted by Gasteiger charge is -2.17. The van der Waals surface area contributed by atoms with Gasteiger partial charge in [0.25, 0.3) is 0 Å². The van der Waals surface area contributed by atoms with E-state index in [1.807, 2.05) is 24.3 Å². The highest BCUT2D eigenvalue weighted by Crippen LogP contribution is 2.19. The van der Waals surface area contributed by atoms with Crippen LogP contribution in [0.5, 0.6) is 5.75 Å². The number of aromatic nitrogens is 3. The van der Waals surface area contributed by atoms with Crippen molar-refractivity contribution >= 4 is 29.3 Å². The molecule has 0 bridgehead atoms. The van der Waals surface area contributed by atoms with Crippen LogP contribution in [0.1, 0.15) is 23.3 Å². The molecule has 0 spiro atoms. The largest absolute Gasteiger partial charge is 0.497 e. The molecule has 2 amide bonds. The molecule has 1 aromatic heterocycles. The average Bonchev–Trinajstić information content (AvgIpc) is 3.17. The van der Waals surface area contributed by atoms with Crippen molar-refractivity contribution in [1.82, 2.24) is 20.5 Å². The fraction of sp³-hybridized carbons (Fsp3) is 0.200. The number of methoxy groups -OCH3 is 1. The van der Waals surface area contributed by atoms with E-state index in [9.17, 15) is 9.59 Å². The first kappa shape index (κ1) is 21.1. The molecule has 0 aliphatic carbocycles. The summed E-state index contributed by atoms with van der Waals surface area (Å²) in [4.78, 5) is 27.7. The Labute approximate surface area is 177 Å². The monoisotopic (exact) mass is 429 g/mol. The zero-order valence-electron chi connectivity index (χ0n) is 16.1. The normalized spacial score (nSPS) is 11.5. The smallest absolute Gasteiger partial charge is 0.319 e. The molecular formula is C20H20ClN5O4. The van der Waals surface area contributed by atoms with Gasteiger partial charge in [0.05, 0.1) is 13.2 Å². The molecule has 3 rings (SSSR count). The van der Waals surface area contributed by atoms with Crippen LogP contribution in [-0.4, -0.2) is 39.4 Å². The molecule has 1 heterocycles. The lowest BCUT2D eigenvalue weighted by atomic mass is 10.1. The molecule has 1 atom stereocenters. The number of carbonyl (C=O) groups is 2. The van der Waals surface area contributed by atoms with Crippen LogP contribution in [0.2, 0.25) is 5.02 Å². The number of ether oxygens (including phenoxy) is 1. The predicted molar refractivity (Wildman–Crippen MR) is 111 cm³/mol. The number of carbonyl (C=O) groups excluding carboxylic acids is 1. The number of aliphatic carboxylic acids is 1. The van der Waals surface area contributed by atoms with Crippen LogP contribution >= 0.6 is 11.6 Å². The second-order valence-corrected chi connectivity index (χ2v) is 6.86. The number of halogens is 1. The molecule has 0 saturated carbocycles. The molecule has 0 radical (unpaired) electrons. The first-order valence-electron chi connectivity index (χ1n) is 9.02. The number of nitrogens with zero attached hydrogens (tertiary/aromatic N) is 2. The molecule has 9 nitrogen and oxygen atoms in total. The molecule has 0 fully saturated rings. The van der Waals surface area contributed by atoms with Gasteiger partial charge in [-0.25, -0.2) is 9.78 Å². The number of amides is 2. The van der Waals surface area contributed by atoms with Crippen molar-refractivity contribution in [3.05, 3.63) is 70.8 Å². The van der Waals surface area contributed by atoms with Crippen molar-refractivity contribution < 1.29 is 19.4 Å². The first-order valence-corrected chi connectivity index (χ1v) is 9.39. The Bertz CT molecular complexity index is 1000. The second kappa shape index (κ2) is 9.75. The third-order valence-corrected chi connectivity index (χ3v) is 4.44. The molecule has 156 valence electrons. The molecule has 3 aromatic rings. The number of benzene rings is 2. The number of aromatic amines is 1. The highest BCUT2D eigenvalue weighted by molar-refractivity contribution is 6.30. The van der Waals surface area contributed by atoms with Crippen LogP contribution in [0.4, 0.5) is 10.5 Å². The standard InChI is InChI=1S/C20H20ClN5O4/c1-30-15-8-2-12(3-9-15)10-16(19-24-17(25-26-19)11-18(27)28)23-20(29)22-14-6-4-13(21)5-7-14/h2-9,16H,10-11H2,1H3,(H,27,28)(H2,22,23,29)(H,24,25,26). The van der Waals surface area contributed by atoms with Crippen LogP contribution in [0.3, 0.4) is 0 Å². The topological polar surface area (TPSA) is 129 Å². The molecule has 0 aliphatic rings. The van der Waals surface area contributed by atoms with E-state index < -0.39 is 18.0 Å². The van der Waals surface area contributed by atoms with Gasteiger partial charge in [-0.15, -0.1) is 0 Å². The third-order valence-electron chi connectivity index (χ3n) is 4.19. The second-order valence-electron chi connectivity index (χ2n) is 6.42. The van der Waals surface area contributed by atoms with E-state index in [2.05, 4.69) is 25.8 Å². The van der Waals surface area contributed by atoms with Crippen molar-refractivity contribution in [2.24, 2.45) is 0 Å². The number of carboxylic acid groups (broad SMARTS) is 1. The summed E-state index contributed by atoms with van der Waals surface area (Å²) in [6.07, 6.45) is 0.0988. The number of carboxylic acids is 1. The van der Waals surface area contributed by atoms with Crippen molar-refractivity contribution in [2.45, 2.75) is 18.9 Å². The van der Waals surface area contributed by atoms with Gasteiger partial charge in [0.15, 0.2) is 5.82 Å². The van der Waals surface area contributed by atoms with Crippen LogP contribution in [-0.2, 0) is 17.6 Å². The Kier molecular flexibility index (Phi) is 6.87. The highest BCUT2D eigenvalue weighted by Gasteiger charge is 2.21. The van der Waals surface area contributed by atoms with E-state index in [-0.39, 0.29) is 18.1 Å². The van der Waals surface area contributed by atoms with Gasteiger partial charge in [0, 0.05) is 17.1 Å². The Balaban J connectivity index is 1.76. The number of anilines is 1. The number of H-pyrrole nitrogens is 1.